The molecule has 5 aromatic rings. The van der Waals surface area contributed by atoms with Crippen molar-refractivity contribution in [3.05, 3.63) is 35.0 Å². The minimum atomic E-state index is -0.169. The minimum absolute atomic E-state index is 0.169. The maximum atomic E-state index is 8.95. The lowest BCUT2D eigenvalue weighted by atomic mass is 10.4. The number of aromatic nitrogens is 1. The van der Waals surface area contributed by atoms with Crippen LogP contribution in [0.2, 0.25) is 0 Å². The second-order valence-electron chi connectivity index (χ2n) is 5.99. The van der Waals surface area contributed by atoms with Gasteiger partial charge in [-0.3, -0.25) is 0 Å². The van der Waals surface area contributed by atoms with Crippen molar-refractivity contribution in [3.8, 4) is 12.1 Å². The fourth-order valence-electron chi connectivity index (χ4n) is 3.23. The van der Waals surface area contributed by atoms with Gasteiger partial charge in [0.05, 0.1) is 39.2 Å². The van der Waals surface area contributed by atoms with Crippen LogP contribution in [0.4, 0.5) is 10.0 Å². The lowest BCUT2D eigenvalue weighted by Gasteiger charge is -1.94. The van der Waals surface area contributed by atoms with Gasteiger partial charge in [-0.2, -0.15) is 0 Å². The van der Waals surface area contributed by atoms with E-state index in [0.29, 0.717) is 10.0 Å². The van der Waals surface area contributed by atoms with Gasteiger partial charge in [-0.1, -0.05) is 45.8 Å². The molecule has 11 heteroatoms. The van der Waals surface area contributed by atoms with Crippen LogP contribution in [0.15, 0.2) is 22.1 Å². The molecule has 5 rings (SSSR count). The predicted octanol–water partition coefficient (Wildman–Crippen LogP) is 6.83. The van der Waals surface area contributed by atoms with Crippen molar-refractivity contribution in [2.24, 2.45) is 17.0 Å². The zero-order chi connectivity index (χ0) is 21.0. The van der Waals surface area contributed by atoms with Gasteiger partial charge in [0.25, 0.3) is 0 Å². The molecule has 0 aliphatic carbocycles. The van der Waals surface area contributed by atoms with E-state index < -0.39 is 0 Å². The van der Waals surface area contributed by atoms with Crippen molar-refractivity contribution in [2.45, 2.75) is 0 Å². The lowest BCUT2D eigenvalue weighted by Crippen LogP contribution is -1.83. The number of aliphatic imine (C=N–C) groups is 2. The highest BCUT2D eigenvalue weighted by Crippen LogP contribution is 2.51. The molecule has 0 radical (unpaired) electrons. The third-order valence-electron chi connectivity index (χ3n) is 4.38. The van der Waals surface area contributed by atoms with Crippen LogP contribution >= 0.6 is 45.3 Å². The number of aryl methyl sites for hydroxylation is 1. The molecule has 30 heavy (non-hydrogen) atoms. The molecule has 0 bridgehead atoms. The zero-order valence-corrected chi connectivity index (χ0v) is 18.2. The van der Waals surface area contributed by atoms with Crippen molar-refractivity contribution >= 4 is 106 Å². The molecule has 7 nitrogen and oxygen atoms in total. The van der Waals surface area contributed by atoms with Crippen molar-refractivity contribution in [2.75, 3.05) is 0 Å². The van der Waals surface area contributed by atoms with Gasteiger partial charge < -0.3 is 14.3 Å². The molecular formula is C19H5N7S4. The van der Waals surface area contributed by atoms with E-state index in [0.717, 1.165) is 29.8 Å². The molecule has 0 atom stereocenters. The summed E-state index contributed by atoms with van der Waals surface area (Å²) >= 11 is 6.31. The summed E-state index contributed by atoms with van der Waals surface area (Å²) in [6, 6.07) is 7.46. The molecule has 5 aromatic heterocycles. The van der Waals surface area contributed by atoms with E-state index in [1.54, 1.807) is 34.8 Å². The summed E-state index contributed by atoms with van der Waals surface area (Å²) in [6.07, 6.45) is 0. The summed E-state index contributed by atoms with van der Waals surface area (Å²) < 4.78 is 8.91. The van der Waals surface area contributed by atoms with Crippen LogP contribution in [0, 0.1) is 35.8 Å². The van der Waals surface area contributed by atoms with Crippen LogP contribution in [-0.4, -0.2) is 16.2 Å². The maximum absolute atomic E-state index is 8.95. The number of nitrogens with zero attached hydrogens (tertiary/aromatic N) is 7. The number of hydrogen-bond donors (Lipinski definition) is 0. The van der Waals surface area contributed by atoms with Crippen LogP contribution in [-0.2, 0) is 7.05 Å². The van der Waals surface area contributed by atoms with Gasteiger partial charge in [0.2, 0.25) is 10.0 Å². The SMILES string of the molecule is [C-]#[N+]C(C#N)=Nc1cc2sc3c4sc5cc(N=C(C#N)[N+]#[C-])sc5c4n(C)c3c2s1. The smallest absolute Gasteiger partial charge is 0.350 e. The molecule has 0 spiro atoms. The summed E-state index contributed by atoms with van der Waals surface area (Å²) in [7, 11) is 2.02. The van der Waals surface area contributed by atoms with Crippen molar-refractivity contribution in [3.63, 3.8) is 0 Å². The van der Waals surface area contributed by atoms with Crippen LogP contribution in [0.1, 0.15) is 0 Å². The first-order valence-electron chi connectivity index (χ1n) is 8.17. The molecule has 5 heterocycles. The average molecular weight is 460 g/mol. The number of fused-ring (bicyclic) bond motifs is 7. The first-order valence-corrected chi connectivity index (χ1v) is 11.4. The van der Waals surface area contributed by atoms with Crippen LogP contribution < -0.4 is 0 Å². The molecule has 0 aliphatic heterocycles. The highest BCUT2D eigenvalue weighted by Gasteiger charge is 2.23. The lowest BCUT2D eigenvalue weighted by molar-refractivity contribution is 1.03. The fraction of sp³-hybridized carbons (Fsp3) is 0.0526. The molecule has 0 N–H and O–H groups in total. The van der Waals surface area contributed by atoms with E-state index in [9.17, 15) is 0 Å². The summed E-state index contributed by atoms with van der Waals surface area (Å²) in [4.78, 5) is 14.5. The Hall–Kier alpha value is -3.58. The standard InChI is InChI=1S/C19H5N7S4/c1-22-10(6-20)24-12-4-8-16(29-12)14-18(27-8)19-15(26(14)3)17-9(28-19)5-13(30-17)25-11(7-21)23-2/h4-5H,3H3. The quantitative estimate of drug-likeness (QED) is 0.165. The second kappa shape index (κ2) is 6.74. The van der Waals surface area contributed by atoms with Gasteiger partial charge in [0.1, 0.15) is 12.1 Å². The molecule has 0 saturated heterocycles. The summed E-state index contributed by atoms with van der Waals surface area (Å²) in [6.45, 7) is 14.0. The predicted molar refractivity (Wildman–Crippen MR) is 126 cm³/mol. The Bertz CT molecular complexity index is 1590. The molecule has 0 aliphatic rings. The van der Waals surface area contributed by atoms with Crippen molar-refractivity contribution in [1.29, 1.82) is 10.5 Å². The van der Waals surface area contributed by atoms with Crippen LogP contribution in [0.5, 0.6) is 0 Å². The normalized spacial score (nSPS) is 12.4. The average Bonchev–Trinajstić information content (AvgIpc) is 3.49. The highest BCUT2D eigenvalue weighted by molar-refractivity contribution is 7.39. The maximum Gasteiger partial charge on any atom is 0.350 e. The molecule has 0 amide bonds. The van der Waals surface area contributed by atoms with E-state index in [2.05, 4.69) is 24.2 Å². The number of hydrogen-bond acceptors (Lipinski definition) is 8. The summed E-state index contributed by atoms with van der Waals surface area (Å²) in [5, 5.41) is 19.2. The van der Waals surface area contributed by atoms with E-state index in [1.165, 1.54) is 32.1 Å². The van der Waals surface area contributed by atoms with Gasteiger partial charge >= 0.3 is 11.7 Å². The van der Waals surface area contributed by atoms with E-state index in [-0.39, 0.29) is 11.7 Å². The van der Waals surface area contributed by atoms with E-state index in [4.69, 9.17) is 23.7 Å². The Kier molecular flexibility index (Phi) is 4.15. The second-order valence-corrected chi connectivity index (χ2v) is 10.2. The molecule has 140 valence electrons. The zero-order valence-electron chi connectivity index (χ0n) is 14.9. The first kappa shape index (κ1) is 18.4. The Morgan fingerprint density at radius 1 is 0.833 bits per heavy atom. The first-order chi connectivity index (χ1) is 14.6. The Morgan fingerprint density at radius 2 is 1.27 bits per heavy atom. The topological polar surface area (TPSA) is 85.9 Å². The molecule has 0 unspecified atom stereocenters. The fourth-order valence-corrected chi connectivity index (χ4v) is 8.49. The molecule has 0 fully saturated rings. The van der Waals surface area contributed by atoms with Gasteiger partial charge in [0.15, 0.2) is 0 Å². The Balaban J connectivity index is 1.74. The third kappa shape index (κ3) is 2.55. The highest BCUT2D eigenvalue weighted by atomic mass is 32.1. The van der Waals surface area contributed by atoms with Crippen molar-refractivity contribution in [1.82, 2.24) is 4.57 Å². The Labute approximate surface area is 184 Å². The number of rotatable bonds is 2. The summed E-state index contributed by atoms with van der Waals surface area (Å²) in [5.41, 5.74) is 2.23. The monoisotopic (exact) mass is 459 g/mol. The van der Waals surface area contributed by atoms with Crippen LogP contribution in [0.3, 0.4) is 0 Å². The number of nitriles is 2. The minimum Gasteiger partial charge on any atom is -0.351 e. The van der Waals surface area contributed by atoms with E-state index >= 15 is 0 Å². The largest absolute Gasteiger partial charge is 0.351 e. The number of amidine groups is 2. The van der Waals surface area contributed by atoms with Gasteiger partial charge in [-0.05, 0) is 0 Å². The van der Waals surface area contributed by atoms with Crippen LogP contribution in [0.25, 0.3) is 48.9 Å². The molecular weight excluding hydrogens is 455 g/mol. The molecule has 0 aromatic carbocycles. The van der Waals surface area contributed by atoms with E-state index in [1.807, 2.05) is 19.2 Å². The third-order valence-corrected chi connectivity index (χ3v) is 9.12. The van der Waals surface area contributed by atoms with Gasteiger partial charge in [-0.15, -0.1) is 22.7 Å². The summed E-state index contributed by atoms with van der Waals surface area (Å²) in [5.74, 6) is -0.338. The Morgan fingerprint density at radius 3 is 1.63 bits per heavy atom. The van der Waals surface area contributed by atoms with Gasteiger partial charge in [0, 0.05) is 19.2 Å². The van der Waals surface area contributed by atoms with Crippen molar-refractivity contribution < 1.29 is 0 Å². The van der Waals surface area contributed by atoms with Gasteiger partial charge in [-0.25, -0.2) is 10.5 Å². The number of thiophene rings is 4. The molecule has 0 saturated carbocycles.